The molecule has 1 aromatic carbocycles. The summed E-state index contributed by atoms with van der Waals surface area (Å²) in [5.41, 5.74) is 3.80. The van der Waals surface area contributed by atoms with Crippen molar-refractivity contribution in [3.8, 4) is 17.0 Å². The monoisotopic (exact) mass is 504 g/mol. The average Bonchev–Trinajstić information content (AvgIpc) is 3.77. The topological polar surface area (TPSA) is 84.9 Å². The number of aromatic nitrogens is 3. The van der Waals surface area contributed by atoms with E-state index in [0.717, 1.165) is 72.4 Å². The fraction of sp³-hybridized carbons (Fsp3) is 0.536. The summed E-state index contributed by atoms with van der Waals surface area (Å²) in [6, 6.07) is 10.7. The highest BCUT2D eigenvalue weighted by Crippen LogP contribution is 2.32. The number of nitrogens with one attached hydrogen (secondary N) is 1. The second-order valence-corrected chi connectivity index (χ2v) is 10.2. The first-order valence-electron chi connectivity index (χ1n) is 13.4. The van der Waals surface area contributed by atoms with Gasteiger partial charge < -0.3 is 29.3 Å². The molecule has 9 nitrogen and oxygen atoms in total. The first-order chi connectivity index (χ1) is 18.2. The molecule has 3 aliphatic rings. The molecule has 0 unspecified atom stereocenters. The maximum Gasteiger partial charge on any atom is 0.229 e. The van der Waals surface area contributed by atoms with Crippen LogP contribution in [-0.4, -0.2) is 80.7 Å². The van der Waals surface area contributed by atoms with Gasteiger partial charge in [-0.1, -0.05) is 0 Å². The standard InChI is InChI=1S/C28H36N6O3/c1-19-18-37-14-11-34(19)28-31-26-23(27(32-28)33-9-12-36-13-10-33)6-7-24(30-26)21-5-8-25(35-2)22(15-21)17-29-16-20-3-4-20/h5-8,15,19-20,29H,3-4,9-14,16-18H2,1-2H3/t19-/m0/s1. The Balaban J connectivity index is 1.37. The van der Waals surface area contributed by atoms with Gasteiger partial charge in [0.25, 0.3) is 0 Å². The zero-order valence-electron chi connectivity index (χ0n) is 21.8. The summed E-state index contributed by atoms with van der Waals surface area (Å²) in [5, 5.41) is 4.55. The van der Waals surface area contributed by atoms with Crippen molar-refractivity contribution in [1.29, 1.82) is 0 Å². The van der Waals surface area contributed by atoms with E-state index in [0.29, 0.717) is 38.0 Å². The van der Waals surface area contributed by atoms with Gasteiger partial charge in [-0.15, -0.1) is 0 Å². The number of methoxy groups -OCH3 is 1. The number of hydrogen-bond donors (Lipinski definition) is 1. The SMILES string of the molecule is COc1ccc(-c2ccc3c(N4CCOCC4)nc(N4CCOC[C@@H]4C)nc3n2)cc1CNCC1CC1. The van der Waals surface area contributed by atoms with Crippen LogP contribution in [0, 0.1) is 5.92 Å². The Morgan fingerprint density at radius 2 is 1.84 bits per heavy atom. The van der Waals surface area contributed by atoms with E-state index in [9.17, 15) is 0 Å². The third-order valence-corrected chi connectivity index (χ3v) is 7.48. The molecule has 196 valence electrons. The highest BCUT2D eigenvalue weighted by atomic mass is 16.5. The van der Waals surface area contributed by atoms with Crippen LogP contribution in [0.3, 0.4) is 0 Å². The normalized spacial score (nSPS) is 20.4. The number of ether oxygens (including phenoxy) is 3. The van der Waals surface area contributed by atoms with Gasteiger partial charge in [-0.05, 0) is 62.6 Å². The maximum atomic E-state index is 5.66. The Morgan fingerprint density at radius 1 is 1.00 bits per heavy atom. The second-order valence-electron chi connectivity index (χ2n) is 10.2. The molecule has 0 amide bonds. The Bertz CT molecular complexity index is 1240. The van der Waals surface area contributed by atoms with Gasteiger partial charge in [-0.2, -0.15) is 9.97 Å². The Kier molecular flexibility index (Phi) is 7.08. The fourth-order valence-corrected chi connectivity index (χ4v) is 5.12. The quantitative estimate of drug-likeness (QED) is 0.497. The van der Waals surface area contributed by atoms with Crippen LogP contribution in [0.5, 0.6) is 5.75 Å². The van der Waals surface area contributed by atoms with Crippen molar-refractivity contribution in [2.75, 3.05) is 69.5 Å². The number of anilines is 2. The van der Waals surface area contributed by atoms with Gasteiger partial charge in [0.05, 0.1) is 50.7 Å². The minimum absolute atomic E-state index is 0.208. The molecule has 6 rings (SSSR count). The summed E-state index contributed by atoms with van der Waals surface area (Å²) < 4.78 is 16.9. The lowest BCUT2D eigenvalue weighted by atomic mass is 10.1. The van der Waals surface area contributed by atoms with E-state index in [1.165, 1.54) is 12.8 Å². The molecule has 2 aromatic heterocycles. The smallest absolute Gasteiger partial charge is 0.229 e. The van der Waals surface area contributed by atoms with Gasteiger partial charge in [0.1, 0.15) is 11.6 Å². The molecule has 3 aromatic rings. The number of pyridine rings is 1. The minimum atomic E-state index is 0.208. The predicted octanol–water partition coefficient (Wildman–Crippen LogP) is 3.26. The van der Waals surface area contributed by atoms with Gasteiger partial charge in [-0.3, -0.25) is 0 Å². The third-order valence-electron chi connectivity index (χ3n) is 7.48. The largest absolute Gasteiger partial charge is 0.496 e. The molecule has 0 spiro atoms. The summed E-state index contributed by atoms with van der Waals surface area (Å²) >= 11 is 0. The molecule has 1 atom stereocenters. The molecule has 2 saturated heterocycles. The van der Waals surface area contributed by atoms with E-state index in [1.807, 2.05) is 6.07 Å². The van der Waals surface area contributed by atoms with E-state index in [1.54, 1.807) is 7.11 Å². The molecular weight excluding hydrogens is 468 g/mol. The van der Waals surface area contributed by atoms with Gasteiger partial charge in [0, 0.05) is 37.3 Å². The number of rotatable bonds is 8. The van der Waals surface area contributed by atoms with Gasteiger partial charge in [-0.25, -0.2) is 4.98 Å². The van der Waals surface area contributed by atoms with Crippen LogP contribution in [-0.2, 0) is 16.0 Å². The zero-order valence-corrected chi connectivity index (χ0v) is 21.8. The van der Waals surface area contributed by atoms with Crippen molar-refractivity contribution < 1.29 is 14.2 Å². The van der Waals surface area contributed by atoms with E-state index < -0.39 is 0 Å². The number of morpholine rings is 2. The van der Waals surface area contributed by atoms with E-state index in [2.05, 4.69) is 46.3 Å². The summed E-state index contributed by atoms with van der Waals surface area (Å²) in [4.78, 5) is 19.6. The third kappa shape index (κ3) is 5.35. The van der Waals surface area contributed by atoms with E-state index >= 15 is 0 Å². The lowest BCUT2D eigenvalue weighted by Gasteiger charge is -2.34. The molecule has 3 fully saturated rings. The molecular formula is C28H36N6O3. The molecule has 1 saturated carbocycles. The van der Waals surface area contributed by atoms with Crippen LogP contribution in [0.4, 0.5) is 11.8 Å². The Morgan fingerprint density at radius 3 is 2.62 bits per heavy atom. The first kappa shape index (κ1) is 24.3. The van der Waals surface area contributed by atoms with Crippen LogP contribution in [0.25, 0.3) is 22.3 Å². The Labute approximate surface area is 218 Å². The van der Waals surface area contributed by atoms with Crippen molar-refractivity contribution in [3.63, 3.8) is 0 Å². The summed E-state index contributed by atoms with van der Waals surface area (Å²) in [6.45, 7) is 9.12. The number of fused-ring (bicyclic) bond motifs is 1. The minimum Gasteiger partial charge on any atom is -0.496 e. The molecule has 1 aliphatic carbocycles. The van der Waals surface area contributed by atoms with Crippen LogP contribution in [0.15, 0.2) is 30.3 Å². The fourth-order valence-electron chi connectivity index (χ4n) is 5.12. The van der Waals surface area contributed by atoms with Crippen LogP contribution in [0.1, 0.15) is 25.3 Å². The van der Waals surface area contributed by atoms with Crippen molar-refractivity contribution in [2.24, 2.45) is 5.92 Å². The molecule has 2 aliphatic heterocycles. The molecule has 0 bridgehead atoms. The average molecular weight is 505 g/mol. The molecule has 0 radical (unpaired) electrons. The first-order valence-corrected chi connectivity index (χ1v) is 13.4. The van der Waals surface area contributed by atoms with E-state index in [4.69, 9.17) is 29.2 Å². The van der Waals surface area contributed by atoms with Gasteiger partial charge >= 0.3 is 0 Å². The second kappa shape index (κ2) is 10.8. The molecule has 9 heteroatoms. The molecule has 37 heavy (non-hydrogen) atoms. The van der Waals surface area contributed by atoms with Crippen molar-refractivity contribution in [2.45, 2.75) is 32.4 Å². The number of benzene rings is 1. The lowest BCUT2D eigenvalue weighted by Crippen LogP contribution is -2.45. The maximum absolute atomic E-state index is 5.66. The van der Waals surface area contributed by atoms with Crippen LogP contribution in [0.2, 0.25) is 0 Å². The zero-order chi connectivity index (χ0) is 25.2. The van der Waals surface area contributed by atoms with Crippen molar-refractivity contribution in [3.05, 3.63) is 35.9 Å². The highest BCUT2D eigenvalue weighted by Gasteiger charge is 2.25. The van der Waals surface area contributed by atoms with Crippen molar-refractivity contribution >= 4 is 22.8 Å². The summed E-state index contributed by atoms with van der Waals surface area (Å²) in [5.74, 6) is 3.38. The Hall–Kier alpha value is -3.01. The number of hydrogen-bond acceptors (Lipinski definition) is 9. The van der Waals surface area contributed by atoms with Gasteiger partial charge in [0.2, 0.25) is 5.95 Å². The highest BCUT2D eigenvalue weighted by molar-refractivity contribution is 5.90. The van der Waals surface area contributed by atoms with Crippen LogP contribution < -0.4 is 19.9 Å². The lowest BCUT2D eigenvalue weighted by molar-refractivity contribution is 0.0981. The molecule has 1 N–H and O–H groups in total. The summed E-state index contributed by atoms with van der Waals surface area (Å²) in [7, 11) is 1.73. The van der Waals surface area contributed by atoms with Gasteiger partial charge in [0.15, 0.2) is 5.65 Å². The van der Waals surface area contributed by atoms with Crippen molar-refractivity contribution in [1.82, 2.24) is 20.3 Å². The van der Waals surface area contributed by atoms with Crippen LogP contribution >= 0.6 is 0 Å². The predicted molar refractivity (Wildman–Crippen MR) is 144 cm³/mol. The van der Waals surface area contributed by atoms with E-state index in [-0.39, 0.29) is 6.04 Å². The summed E-state index contributed by atoms with van der Waals surface area (Å²) in [6.07, 6.45) is 2.68. The number of nitrogens with zero attached hydrogens (tertiary/aromatic N) is 5. The molecule has 4 heterocycles.